The molecule has 80 valence electrons. The van der Waals surface area contributed by atoms with E-state index in [1.807, 2.05) is 13.8 Å². The molecule has 0 aromatic carbocycles. The van der Waals surface area contributed by atoms with Crippen LogP contribution in [0, 0.1) is 0 Å². The van der Waals surface area contributed by atoms with Crippen molar-refractivity contribution in [2.75, 3.05) is 0 Å². The van der Waals surface area contributed by atoms with Gasteiger partial charge in [-0.25, -0.2) is 4.98 Å². The molecule has 0 bridgehead atoms. The molecule has 14 heavy (non-hydrogen) atoms. The summed E-state index contributed by atoms with van der Waals surface area (Å²) in [6.45, 7) is 4.00. The van der Waals surface area contributed by atoms with Gasteiger partial charge < -0.3 is 0 Å². The second-order valence-electron chi connectivity index (χ2n) is 1.99. The van der Waals surface area contributed by atoms with E-state index in [1.165, 1.54) is 0 Å². The minimum atomic E-state index is -4.51. The molecule has 1 aromatic rings. The number of aromatic nitrogens is 1. The number of hydrogen-bond donors (Lipinski definition) is 0. The fraction of sp³-hybridized carbons (Fsp3) is 0.375. The van der Waals surface area contributed by atoms with Crippen LogP contribution in [0.15, 0.2) is 12.1 Å². The van der Waals surface area contributed by atoms with Gasteiger partial charge in [0, 0.05) is 5.02 Å². The predicted octanol–water partition coefficient (Wildman–Crippen LogP) is 4.43. The molecule has 1 rings (SSSR count). The Labute approximate surface area is 89.9 Å². The number of rotatable bonds is 0. The van der Waals surface area contributed by atoms with E-state index >= 15 is 0 Å². The molecule has 0 aliphatic carbocycles. The molecule has 0 radical (unpaired) electrons. The zero-order valence-corrected chi connectivity index (χ0v) is 9.00. The van der Waals surface area contributed by atoms with Crippen molar-refractivity contribution in [3.05, 3.63) is 28.0 Å². The Bertz CT molecular complexity index is 279. The summed E-state index contributed by atoms with van der Waals surface area (Å²) < 4.78 is 35.9. The SMILES string of the molecule is CC.FC(F)(F)c1cc(Cl)cc(Cl)n1. The maximum atomic E-state index is 12.0. The van der Waals surface area contributed by atoms with Crippen molar-refractivity contribution < 1.29 is 13.2 Å². The molecular formula is C8H8Cl2F3N. The summed E-state index contributed by atoms with van der Waals surface area (Å²) in [5, 5.41) is -0.350. The van der Waals surface area contributed by atoms with Crippen LogP contribution >= 0.6 is 23.2 Å². The standard InChI is InChI=1S/C6H2Cl2F3N.C2H6/c7-3-1-4(6(9,10)11)12-5(8)2-3;1-2/h1-2H;1-2H3. The first-order valence-electron chi connectivity index (χ1n) is 3.80. The lowest BCUT2D eigenvalue weighted by molar-refractivity contribution is -0.141. The third kappa shape index (κ3) is 4.15. The lowest BCUT2D eigenvalue weighted by Gasteiger charge is -2.05. The molecule has 1 heterocycles. The molecule has 0 unspecified atom stereocenters. The number of alkyl halides is 3. The van der Waals surface area contributed by atoms with Crippen LogP contribution in [0.4, 0.5) is 13.2 Å². The molecule has 0 saturated carbocycles. The topological polar surface area (TPSA) is 12.9 Å². The smallest absolute Gasteiger partial charge is 0.232 e. The van der Waals surface area contributed by atoms with Crippen LogP contribution in [-0.4, -0.2) is 4.98 Å². The van der Waals surface area contributed by atoms with Gasteiger partial charge in [-0.05, 0) is 12.1 Å². The average Bonchev–Trinajstić information content (AvgIpc) is 2.04. The van der Waals surface area contributed by atoms with E-state index in [0.717, 1.165) is 6.07 Å². The van der Waals surface area contributed by atoms with Crippen LogP contribution in [-0.2, 0) is 6.18 Å². The van der Waals surface area contributed by atoms with Gasteiger partial charge in [0.05, 0.1) is 0 Å². The number of nitrogens with zero attached hydrogens (tertiary/aromatic N) is 1. The summed E-state index contributed by atoms with van der Waals surface area (Å²) in [6.07, 6.45) is -4.51. The van der Waals surface area contributed by atoms with Crippen LogP contribution in [0.3, 0.4) is 0 Å². The summed E-state index contributed by atoms with van der Waals surface area (Å²) in [5.74, 6) is 0. The van der Waals surface area contributed by atoms with Crippen LogP contribution in [0.5, 0.6) is 0 Å². The van der Waals surface area contributed by atoms with E-state index in [4.69, 9.17) is 23.2 Å². The predicted molar refractivity (Wildman–Crippen MR) is 50.6 cm³/mol. The fourth-order valence-electron chi connectivity index (χ4n) is 0.611. The zero-order valence-electron chi connectivity index (χ0n) is 7.49. The van der Waals surface area contributed by atoms with E-state index in [1.54, 1.807) is 0 Å². The lowest BCUT2D eigenvalue weighted by atomic mass is 10.3. The number of hydrogen-bond acceptors (Lipinski definition) is 1. The van der Waals surface area contributed by atoms with Gasteiger partial charge in [-0.3, -0.25) is 0 Å². The van der Waals surface area contributed by atoms with Crippen molar-refractivity contribution in [2.24, 2.45) is 0 Å². The van der Waals surface area contributed by atoms with Gasteiger partial charge in [-0.2, -0.15) is 13.2 Å². The third-order valence-corrected chi connectivity index (χ3v) is 1.46. The second-order valence-corrected chi connectivity index (χ2v) is 2.81. The van der Waals surface area contributed by atoms with Crippen LogP contribution in [0.2, 0.25) is 10.2 Å². The first kappa shape index (κ1) is 13.5. The second kappa shape index (κ2) is 5.41. The van der Waals surface area contributed by atoms with Gasteiger partial charge in [0.2, 0.25) is 0 Å². The van der Waals surface area contributed by atoms with Crippen LogP contribution < -0.4 is 0 Å². The molecule has 0 N–H and O–H groups in total. The van der Waals surface area contributed by atoms with Gasteiger partial charge in [-0.15, -0.1) is 0 Å². The molecule has 6 heteroatoms. The highest BCUT2D eigenvalue weighted by molar-refractivity contribution is 6.33. The van der Waals surface area contributed by atoms with E-state index in [9.17, 15) is 13.2 Å². The molecule has 0 amide bonds. The van der Waals surface area contributed by atoms with Crippen molar-refractivity contribution in [2.45, 2.75) is 20.0 Å². The summed E-state index contributed by atoms with van der Waals surface area (Å²) >= 11 is 10.6. The van der Waals surface area contributed by atoms with Gasteiger partial charge in [0.15, 0.2) is 0 Å². The molecular weight excluding hydrogens is 238 g/mol. The Balaban J connectivity index is 0.000000791. The van der Waals surface area contributed by atoms with Gasteiger partial charge >= 0.3 is 6.18 Å². The van der Waals surface area contributed by atoms with E-state index < -0.39 is 11.9 Å². The minimum absolute atomic E-state index is 0.0812. The third-order valence-electron chi connectivity index (χ3n) is 1.05. The maximum Gasteiger partial charge on any atom is 0.433 e. The van der Waals surface area contributed by atoms with Crippen LogP contribution in [0.25, 0.3) is 0 Å². The average molecular weight is 246 g/mol. The normalized spacial score (nSPS) is 10.5. The Kier molecular flexibility index (Phi) is 5.23. The Morgan fingerprint density at radius 2 is 1.64 bits per heavy atom. The molecule has 0 spiro atoms. The Morgan fingerprint density at radius 1 is 1.14 bits per heavy atom. The van der Waals surface area contributed by atoms with E-state index in [-0.39, 0.29) is 10.2 Å². The first-order chi connectivity index (χ1) is 6.39. The van der Waals surface area contributed by atoms with Crippen molar-refractivity contribution in [3.8, 4) is 0 Å². The van der Waals surface area contributed by atoms with Gasteiger partial charge in [0.25, 0.3) is 0 Å². The summed E-state index contributed by atoms with van der Waals surface area (Å²) in [5.41, 5.74) is -1.08. The van der Waals surface area contributed by atoms with Crippen LogP contribution in [0.1, 0.15) is 19.5 Å². The van der Waals surface area contributed by atoms with Gasteiger partial charge in [0.1, 0.15) is 10.8 Å². The summed E-state index contributed by atoms with van der Waals surface area (Å²) in [6, 6.07) is 1.85. The van der Waals surface area contributed by atoms with Crippen molar-refractivity contribution in [1.82, 2.24) is 4.98 Å². The Hall–Kier alpha value is -0.480. The molecule has 1 nitrogen and oxygen atoms in total. The molecule has 0 aliphatic rings. The maximum absolute atomic E-state index is 12.0. The zero-order chi connectivity index (χ0) is 11.4. The highest BCUT2D eigenvalue weighted by Crippen LogP contribution is 2.30. The monoisotopic (exact) mass is 245 g/mol. The molecule has 0 atom stereocenters. The molecule has 0 aliphatic heterocycles. The minimum Gasteiger partial charge on any atom is -0.232 e. The van der Waals surface area contributed by atoms with E-state index in [0.29, 0.717) is 6.07 Å². The number of pyridine rings is 1. The first-order valence-corrected chi connectivity index (χ1v) is 4.55. The van der Waals surface area contributed by atoms with Crippen molar-refractivity contribution in [1.29, 1.82) is 0 Å². The largest absolute Gasteiger partial charge is 0.433 e. The van der Waals surface area contributed by atoms with Crippen molar-refractivity contribution >= 4 is 23.2 Å². The molecule has 1 aromatic heterocycles. The number of halogens is 5. The lowest BCUT2D eigenvalue weighted by Crippen LogP contribution is -2.07. The van der Waals surface area contributed by atoms with Gasteiger partial charge in [-0.1, -0.05) is 37.0 Å². The quantitative estimate of drug-likeness (QED) is 0.617. The molecule has 0 fully saturated rings. The Morgan fingerprint density at radius 3 is 2.00 bits per heavy atom. The van der Waals surface area contributed by atoms with Crippen molar-refractivity contribution in [3.63, 3.8) is 0 Å². The molecule has 0 saturated heterocycles. The highest BCUT2D eigenvalue weighted by atomic mass is 35.5. The summed E-state index contributed by atoms with van der Waals surface area (Å²) in [4.78, 5) is 3.06. The highest BCUT2D eigenvalue weighted by Gasteiger charge is 2.32. The summed E-state index contributed by atoms with van der Waals surface area (Å²) in [7, 11) is 0. The fourth-order valence-corrected chi connectivity index (χ4v) is 1.08. The van der Waals surface area contributed by atoms with E-state index in [2.05, 4.69) is 4.98 Å².